The van der Waals surface area contributed by atoms with Crippen molar-refractivity contribution in [3.63, 3.8) is 0 Å². The summed E-state index contributed by atoms with van der Waals surface area (Å²) in [6.07, 6.45) is 1.12. The fourth-order valence-electron chi connectivity index (χ4n) is 5.20. The van der Waals surface area contributed by atoms with E-state index in [2.05, 4.69) is 20.9 Å². The number of benzene rings is 2. The molecule has 1 heterocycles. The first-order chi connectivity index (χ1) is 21.0. The molecule has 0 saturated heterocycles. The Morgan fingerprint density at radius 1 is 1.02 bits per heavy atom. The number of aldehydes is 1. The van der Waals surface area contributed by atoms with Crippen LogP contribution in [0.15, 0.2) is 65.7 Å². The van der Waals surface area contributed by atoms with Crippen LogP contribution in [0.2, 0.25) is 0 Å². The van der Waals surface area contributed by atoms with Crippen LogP contribution in [0.25, 0.3) is 0 Å². The molecule has 0 radical (unpaired) electrons. The van der Waals surface area contributed by atoms with Crippen molar-refractivity contribution < 1.29 is 29.1 Å². The number of carboxylic acids is 1. The summed E-state index contributed by atoms with van der Waals surface area (Å²) >= 11 is 0. The van der Waals surface area contributed by atoms with Gasteiger partial charge in [-0.1, -0.05) is 74.5 Å². The van der Waals surface area contributed by atoms with Gasteiger partial charge in [0.05, 0.1) is 12.1 Å². The summed E-state index contributed by atoms with van der Waals surface area (Å²) in [5.74, 6) is -2.85. The maximum absolute atomic E-state index is 14.5. The van der Waals surface area contributed by atoms with Crippen LogP contribution >= 0.6 is 0 Å². The second-order valence-corrected chi connectivity index (χ2v) is 11.2. The van der Waals surface area contributed by atoms with Crippen LogP contribution in [0.4, 0.5) is 4.79 Å². The summed E-state index contributed by atoms with van der Waals surface area (Å²) < 4.78 is 0. The highest BCUT2D eigenvalue weighted by Crippen LogP contribution is 2.21. The fourth-order valence-corrected chi connectivity index (χ4v) is 5.20. The van der Waals surface area contributed by atoms with Crippen molar-refractivity contribution in [2.24, 2.45) is 22.4 Å². The Bertz CT molecular complexity index is 1320. The Balaban J connectivity index is 1.98. The minimum atomic E-state index is -1.37. The van der Waals surface area contributed by atoms with Crippen molar-refractivity contribution in [3.8, 4) is 0 Å². The molecule has 1 aliphatic heterocycles. The molecule has 2 unspecified atom stereocenters. The number of aliphatic imine (C=N–C) groups is 1. The van der Waals surface area contributed by atoms with Crippen LogP contribution in [-0.4, -0.2) is 82.8 Å². The SMILES string of the molecule is CC(C)C[C@@H](C(N)=O)N(C(=O)C(NC(=O)N[C@@H](Cc1ccccc1)C(=O)O)[C@@H]1CCN=C(N)N1)C(C=O)Cc1ccccc1. The van der Waals surface area contributed by atoms with Gasteiger partial charge in [0.1, 0.15) is 24.4 Å². The molecule has 0 spiro atoms. The fraction of sp³-hybridized carbons (Fsp3) is 0.419. The van der Waals surface area contributed by atoms with Crippen LogP contribution in [-0.2, 0) is 32.0 Å². The van der Waals surface area contributed by atoms with E-state index in [0.717, 1.165) is 10.5 Å². The Morgan fingerprint density at radius 2 is 1.61 bits per heavy atom. The molecular formula is C31H41N7O6. The van der Waals surface area contributed by atoms with Gasteiger partial charge in [0.25, 0.3) is 0 Å². The summed E-state index contributed by atoms with van der Waals surface area (Å²) in [7, 11) is 0. The molecule has 13 heteroatoms. The van der Waals surface area contributed by atoms with E-state index in [4.69, 9.17) is 11.5 Å². The maximum Gasteiger partial charge on any atom is 0.326 e. The predicted molar refractivity (Wildman–Crippen MR) is 164 cm³/mol. The van der Waals surface area contributed by atoms with Crippen molar-refractivity contribution in [1.82, 2.24) is 20.9 Å². The molecule has 0 aliphatic carbocycles. The molecule has 13 nitrogen and oxygen atoms in total. The van der Waals surface area contributed by atoms with Crippen LogP contribution in [0.5, 0.6) is 0 Å². The third-order valence-corrected chi connectivity index (χ3v) is 7.31. The highest BCUT2D eigenvalue weighted by Gasteiger charge is 2.42. The van der Waals surface area contributed by atoms with E-state index < -0.39 is 54.0 Å². The van der Waals surface area contributed by atoms with Gasteiger partial charge < -0.3 is 42.2 Å². The summed E-state index contributed by atoms with van der Waals surface area (Å²) in [4.78, 5) is 70.5. The van der Waals surface area contributed by atoms with Crippen molar-refractivity contribution in [3.05, 3.63) is 71.8 Å². The molecule has 1 aliphatic rings. The van der Waals surface area contributed by atoms with Crippen molar-refractivity contribution in [1.29, 1.82) is 0 Å². The number of carbonyl (C=O) groups excluding carboxylic acids is 4. The molecule has 0 aromatic heterocycles. The number of carboxylic acid groups (broad SMARTS) is 1. The average molecular weight is 608 g/mol. The lowest BCUT2D eigenvalue weighted by atomic mass is 9.94. The van der Waals surface area contributed by atoms with Crippen LogP contribution in [0.1, 0.15) is 37.8 Å². The summed E-state index contributed by atoms with van der Waals surface area (Å²) in [6.45, 7) is 3.95. The number of urea groups is 1. The lowest BCUT2D eigenvalue weighted by Gasteiger charge is -2.40. The number of hydrogen-bond acceptors (Lipinski definition) is 8. The predicted octanol–water partition coefficient (Wildman–Crippen LogP) is 0.566. The molecule has 44 heavy (non-hydrogen) atoms. The first-order valence-electron chi connectivity index (χ1n) is 14.5. The molecule has 2 aromatic rings. The Kier molecular flexibility index (Phi) is 12.2. The van der Waals surface area contributed by atoms with E-state index in [1.165, 1.54) is 0 Å². The maximum atomic E-state index is 14.5. The molecule has 8 N–H and O–H groups in total. The zero-order valence-electron chi connectivity index (χ0n) is 24.9. The summed E-state index contributed by atoms with van der Waals surface area (Å²) in [5, 5.41) is 17.8. The quantitative estimate of drug-likeness (QED) is 0.157. The number of rotatable bonds is 15. The van der Waals surface area contributed by atoms with Gasteiger partial charge in [-0.25, -0.2) is 9.59 Å². The average Bonchev–Trinajstić information content (AvgIpc) is 2.99. The van der Waals surface area contributed by atoms with E-state index >= 15 is 0 Å². The third kappa shape index (κ3) is 9.54. The Labute approximate surface area is 256 Å². The molecule has 0 bridgehead atoms. The number of amides is 4. The molecule has 236 valence electrons. The van der Waals surface area contributed by atoms with Gasteiger partial charge in [-0.3, -0.25) is 14.6 Å². The van der Waals surface area contributed by atoms with Gasteiger partial charge >= 0.3 is 12.0 Å². The minimum absolute atomic E-state index is 0.00194. The van der Waals surface area contributed by atoms with E-state index in [1.807, 2.05) is 19.9 Å². The van der Waals surface area contributed by atoms with Crippen LogP contribution in [0.3, 0.4) is 0 Å². The Morgan fingerprint density at radius 3 is 2.11 bits per heavy atom. The lowest BCUT2D eigenvalue weighted by molar-refractivity contribution is -0.146. The molecule has 4 amide bonds. The third-order valence-electron chi connectivity index (χ3n) is 7.31. The number of carbonyl (C=O) groups is 5. The van der Waals surface area contributed by atoms with Crippen molar-refractivity contribution >= 4 is 36.1 Å². The largest absolute Gasteiger partial charge is 0.480 e. The highest BCUT2D eigenvalue weighted by molar-refractivity contribution is 5.95. The smallest absolute Gasteiger partial charge is 0.326 e. The van der Waals surface area contributed by atoms with E-state index in [-0.39, 0.29) is 44.1 Å². The molecule has 2 aromatic carbocycles. The van der Waals surface area contributed by atoms with Gasteiger partial charge in [0.15, 0.2) is 5.96 Å². The van der Waals surface area contributed by atoms with Crippen LogP contribution < -0.4 is 27.4 Å². The van der Waals surface area contributed by atoms with Crippen molar-refractivity contribution in [2.75, 3.05) is 6.54 Å². The topological polar surface area (TPSA) is 209 Å². The minimum Gasteiger partial charge on any atom is -0.480 e. The summed E-state index contributed by atoms with van der Waals surface area (Å²) in [6, 6.07) is 11.1. The van der Waals surface area contributed by atoms with Crippen molar-refractivity contribution in [2.45, 2.75) is 69.7 Å². The van der Waals surface area contributed by atoms with E-state index in [9.17, 15) is 29.1 Å². The van der Waals surface area contributed by atoms with E-state index in [0.29, 0.717) is 11.8 Å². The number of guanidine groups is 1. The normalized spacial score (nSPS) is 17.2. The standard InChI is InChI=1S/C31H41N7O6/c1-19(2)15-25(27(32)40)38(22(18-39)16-20-9-5-3-6-10-20)28(41)26(23-13-14-34-30(33)35-23)37-31(44)36-24(29(42)43)17-21-11-7-4-8-12-21/h3-12,18-19,22-26H,13-17H2,1-2H3,(H2,32,40)(H,42,43)(H3,33,34,35)(H2,36,37,44)/t22?,23-,24-,25-,26?/m0/s1. The first kappa shape index (κ1) is 33.6. The first-order valence-corrected chi connectivity index (χ1v) is 14.5. The molecule has 5 atom stereocenters. The highest BCUT2D eigenvalue weighted by atomic mass is 16.4. The van der Waals surface area contributed by atoms with Gasteiger partial charge in [-0.2, -0.15) is 0 Å². The van der Waals surface area contributed by atoms with Crippen LogP contribution in [0, 0.1) is 5.92 Å². The van der Waals surface area contributed by atoms with Gasteiger partial charge in [-0.15, -0.1) is 0 Å². The van der Waals surface area contributed by atoms with Gasteiger partial charge in [-0.05, 0) is 36.3 Å². The number of hydrogen-bond donors (Lipinski definition) is 6. The zero-order chi connectivity index (χ0) is 32.2. The number of primary amides is 1. The monoisotopic (exact) mass is 607 g/mol. The molecule has 0 fully saturated rings. The Hall–Kier alpha value is -4.94. The molecule has 3 rings (SSSR count). The van der Waals surface area contributed by atoms with E-state index in [1.54, 1.807) is 54.6 Å². The molecule has 0 saturated carbocycles. The van der Waals surface area contributed by atoms with Gasteiger partial charge in [0.2, 0.25) is 11.8 Å². The number of nitrogens with two attached hydrogens (primary N) is 2. The lowest BCUT2D eigenvalue weighted by Crippen LogP contribution is -2.67. The summed E-state index contributed by atoms with van der Waals surface area (Å²) in [5.41, 5.74) is 13.2. The second-order valence-electron chi connectivity index (χ2n) is 11.2. The number of nitrogens with one attached hydrogen (secondary N) is 3. The molecular weight excluding hydrogens is 566 g/mol. The zero-order valence-corrected chi connectivity index (χ0v) is 24.9. The van der Waals surface area contributed by atoms with Gasteiger partial charge in [0, 0.05) is 13.0 Å². The number of aliphatic carboxylic acids is 1. The number of nitrogens with zero attached hydrogens (tertiary/aromatic N) is 2. The second kappa shape index (κ2) is 16.1.